The maximum absolute atomic E-state index is 5.88. The zero-order chi connectivity index (χ0) is 13.4. The van der Waals surface area contributed by atoms with Crippen LogP contribution in [0.1, 0.15) is 33.3 Å². The van der Waals surface area contributed by atoms with Crippen molar-refractivity contribution in [2.75, 3.05) is 5.73 Å². The van der Waals surface area contributed by atoms with Crippen molar-refractivity contribution in [3.63, 3.8) is 0 Å². The summed E-state index contributed by atoms with van der Waals surface area (Å²) < 4.78 is 11.8. The van der Waals surface area contributed by atoms with Gasteiger partial charge in [-0.3, -0.25) is 0 Å². The van der Waals surface area contributed by atoms with Crippen LogP contribution >= 0.6 is 0 Å². The summed E-state index contributed by atoms with van der Waals surface area (Å²) >= 11 is 0. The highest BCUT2D eigenvalue weighted by molar-refractivity contribution is 6.52. The topological polar surface area (TPSA) is 44.5 Å². The smallest absolute Gasteiger partial charge is 0.400 e. The van der Waals surface area contributed by atoms with E-state index >= 15 is 0 Å². The minimum Gasteiger partial charge on any atom is -0.400 e. The lowest BCUT2D eigenvalue weighted by Crippen LogP contribution is -2.41. The first-order valence-electron chi connectivity index (χ1n) is 6.20. The molecule has 0 aromatic heterocycles. The molecule has 2 rings (SSSR count). The predicted octanol–water partition coefficient (Wildman–Crippen LogP) is 2.91. The van der Waals surface area contributed by atoms with Crippen LogP contribution in [0.3, 0.4) is 0 Å². The maximum atomic E-state index is 5.88. The fraction of sp³-hybridized carbons (Fsp3) is 0.429. The summed E-state index contributed by atoms with van der Waals surface area (Å²) in [6, 6.07) is 7.71. The van der Waals surface area contributed by atoms with Gasteiger partial charge in [-0.15, -0.1) is 0 Å². The van der Waals surface area contributed by atoms with Crippen molar-refractivity contribution in [1.82, 2.24) is 0 Å². The Morgan fingerprint density at radius 3 is 2.28 bits per heavy atom. The molecule has 0 amide bonds. The minimum absolute atomic E-state index is 0.294. The van der Waals surface area contributed by atoms with Gasteiger partial charge in [-0.25, -0.2) is 0 Å². The molecule has 1 aliphatic rings. The lowest BCUT2D eigenvalue weighted by molar-refractivity contribution is 0.00578. The van der Waals surface area contributed by atoms with Gasteiger partial charge in [-0.1, -0.05) is 24.2 Å². The van der Waals surface area contributed by atoms with E-state index in [0.717, 1.165) is 11.3 Å². The summed E-state index contributed by atoms with van der Waals surface area (Å²) in [5, 5.41) is 0. The Morgan fingerprint density at radius 1 is 1.11 bits per heavy atom. The average Bonchev–Trinajstić information content (AvgIpc) is 2.45. The third-order valence-corrected chi connectivity index (χ3v) is 3.63. The maximum Gasteiger partial charge on any atom is 0.487 e. The fourth-order valence-corrected chi connectivity index (χ4v) is 1.82. The normalized spacial score (nSPS) is 21.7. The highest BCUT2D eigenvalue weighted by Crippen LogP contribution is 2.37. The second-order valence-corrected chi connectivity index (χ2v) is 5.65. The Labute approximate surface area is 109 Å². The monoisotopic (exact) mass is 245 g/mol. The van der Waals surface area contributed by atoms with Gasteiger partial charge in [-0.05, 0) is 45.4 Å². The Morgan fingerprint density at radius 2 is 1.72 bits per heavy atom. The van der Waals surface area contributed by atoms with Crippen molar-refractivity contribution in [2.24, 2.45) is 0 Å². The number of rotatable bonds is 2. The quantitative estimate of drug-likeness (QED) is 0.643. The van der Waals surface area contributed by atoms with Crippen LogP contribution in [0.5, 0.6) is 0 Å². The molecule has 0 aliphatic carbocycles. The van der Waals surface area contributed by atoms with E-state index in [-0.39, 0.29) is 18.3 Å². The third-order valence-electron chi connectivity index (χ3n) is 3.63. The fourth-order valence-electron chi connectivity index (χ4n) is 1.82. The van der Waals surface area contributed by atoms with E-state index in [1.54, 1.807) is 0 Å². The van der Waals surface area contributed by atoms with Crippen LogP contribution in [0.15, 0.2) is 30.2 Å². The molecule has 0 unspecified atom stereocenters. The zero-order valence-electron chi connectivity index (χ0n) is 11.4. The Hall–Kier alpha value is -1.26. The third kappa shape index (κ3) is 2.60. The summed E-state index contributed by atoms with van der Waals surface area (Å²) in [5.41, 5.74) is 6.95. The summed E-state index contributed by atoms with van der Waals surface area (Å²) in [5.74, 6) is 1.92. The number of hydrogen-bond donors (Lipinski definition) is 1. The van der Waals surface area contributed by atoms with Crippen LogP contribution in [0.4, 0.5) is 5.69 Å². The van der Waals surface area contributed by atoms with E-state index in [0.29, 0.717) is 0 Å². The minimum atomic E-state index is -0.309. The molecule has 4 heteroatoms. The molecule has 1 aromatic rings. The first-order chi connectivity index (χ1) is 8.30. The van der Waals surface area contributed by atoms with Gasteiger partial charge in [0.1, 0.15) is 0 Å². The summed E-state index contributed by atoms with van der Waals surface area (Å²) in [6.07, 6.45) is 1.97. The van der Waals surface area contributed by atoms with Crippen LogP contribution in [-0.2, 0) is 9.31 Å². The zero-order valence-corrected chi connectivity index (χ0v) is 11.4. The molecule has 3 nitrogen and oxygen atoms in total. The summed E-state index contributed by atoms with van der Waals surface area (Å²) in [7, 11) is -0.309. The van der Waals surface area contributed by atoms with Crippen LogP contribution in [-0.4, -0.2) is 18.3 Å². The molecule has 0 radical (unpaired) electrons. The lowest BCUT2D eigenvalue weighted by atomic mass is 9.89. The van der Waals surface area contributed by atoms with Crippen LogP contribution in [0, 0.1) is 0 Å². The van der Waals surface area contributed by atoms with Crippen molar-refractivity contribution >= 4 is 18.9 Å². The Kier molecular flexibility index (Phi) is 3.26. The number of anilines is 1. The van der Waals surface area contributed by atoms with E-state index in [2.05, 4.69) is 0 Å². The Balaban J connectivity index is 2.08. The summed E-state index contributed by atoms with van der Waals surface area (Å²) in [6.45, 7) is 8.17. The van der Waals surface area contributed by atoms with Crippen LogP contribution < -0.4 is 5.73 Å². The number of nitrogens with two attached hydrogens (primary N) is 1. The van der Waals surface area contributed by atoms with E-state index in [4.69, 9.17) is 15.0 Å². The van der Waals surface area contributed by atoms with E-state index < -0.39 is 0 Å². The standard InChI is InChI=1S/C14H20BNO2/c1-13(2)14(3,4)18-15(17-13)9-8-11-6-5-7-12(16)10-11/h5-10H,16H2,1-4H3. The second-order valence-electron chi connectivity index (χ2n) is 5.65. The highest BCUT2D eigenvalue weighted by Gasteiger charge is 2.49. The van der Waals surface area contributed by atoms with Gasteiger partial charge < -0.3 is 15.0 Å². The number of benzene rings is 1. The van der Waals surface area contributed by atoms with E-state index in [1.807, 2.05) is 64.0 Å². The number of nitrogen functional groups attached to an aromatic ring is 1. The van der Waals surface area contributed by atoms with Crippen molar-refractivity contribution < 1.29 is 9.31 Å². The molecule has 1 fully saturated rings. The molecule has 0 atom stereocenters. The van der Waals surface area contributed by atoms with Gasteiger partial charge in [-0.2, -0.15) is 0 Å². The van der Waals surface area contributed by atoms with Gasteiger partial charge in [0.25, 0.3) is 0 Å². The molecule has 96 valence electrons. The van der Waals surface area contributed by atoms with Gasteiger partial charge in [0, 0.05) is 5.69 Å². The van der Waals surface area contributed by atoms with E-state index in [9.17, 15) is 0 Å². The first-order valence-corrected chi connectivity index (χ1v) is 6.20. The molecule has 1 saturated heterocycles. The molecule has 0 bridgehead atoms. The molecule has 1 heterocycles. The largest absolute Gasteiger partial charge is 0.487 e. The predicted molar refractivity (Wildman–Crippen MR) is 76.0 cm³/mol. The van der Waals surface area contributed by atoms with Gasteiger partial charge >= 0.3 is 7.12 Å². The van der Waals surface area contributed by atoms with Gasteiger partial charge in [0.2, 0.25) is 0 Å². The Bertz CT molecular complexity index is 453. The van der Waals surface area contributed by atoms with Crippen molar-refractivity contribution in [1.29, 1.82) is 0 Å². The second kappa shape index (κ2) is 4.45. The molecular formula is C14H20BNO2. The molecule has 0 saturated carbocycles. The lowest BCUT2D eigenvalue weighted by Gasteiger charge is -2.32. The van der Waals surface area contributed by atoms with Crippen LogP contribution in [0.25, 0.3) is 6.08 Å². The van der Waals surface area contributed by atoms with E-state index in [1.165, 1.54) is 0 Å². The van der Waals surface area contributed by atoms with Crippen molar-refractivity contribution in [3.05, 3.63) is 35.8 Å². The van der Waals surface area contributed by atoms with Crippen molar-refractivity contribution in [3.8, 4) is 0 Å². The van der Waals surface area contributed by atoms with Crippen molar-refractivity contribution in [2.45, 2.75) is 38.9 Å². The number of hydrogen-bond acceptors (Lipinski definition) is 3. The highest BCUT2D eigenvalue weighted by atomic mass is 16.7. The van der Waals surface area contributed by atoms with Crippen LogP contribution in [0.2, 0.25) is 0 Å². The molecule has 18 heavy (non-hydrogen) atoms. The molecule has 2 N–H and O–H groups in total. The summed E-state index contributed by atoms with van der Waals surface area (Å²) in [4.78, 5) is 0. The first kappa shape index (κ1) is 13.2. The molecule has 1 aliphatic heterocycles. The van der Waals surface area contributed by atoms with Gasteiger partial charge in [0.15, 0.2) is 0 Å². The molecule has 0 spiro atoms. The molecular weight excluding hydrogens is 225 g/mol. The average molecular weight is 245 g/mol. The SMILES string of the molecule is CC1(C)OB(C=Cc2cccc(N)c2)OC1(C)C. The van der Waals surface area contributed by atoms with Gasteiger partial charge in [0.05, 0.1) is 11.2 Å². The molecule has 1 aromatic carbocycles.